The standard InChI is InChI=1S/C23H22N4O3S/c24-19-16(6-12-1-2-17-18(7-12)30-11-29-17)20(28)25-22-27(19)26-21(31-22)23-8-13-3-14(9-23)5-15(4-13)10-23/h1-2,6-7,13-15,24H,3-5,8-11H2/b16-6-,24-19?. The molecule has 4 fully saturated rings. The number of nitrogens with zero attached hydrogens (tertiary/aromatic N) is 3. The number of aliphatic imine (C=N–C) groups is 1. The molecule has 0 unspecified atom stereocenters. The molecule has 0 aromatic heterocycles. The summed E-state index contributed by atoms with van der Waals surface area (Å²) in [4.78, 5) is 17.1. The molecule has 4 aliphatic carbocycles. The van der Waals surface area contributed by atoms with Crippen LogP contribution in [0.15, 0.2) is 33.9 Å². The van der Waals surface area contributed by atoms with Crippen molar-refractivity contribution in [3.8, 4) is 11.5 Å². The van der Waals surface area contributed by atoms with Crippen molar-refractivity contribution in [2.75, 3.05) is 6.79 Å². The maximum absolute atomic E-state index is 12.8. The molecule has 8 heteroatoms. The Kier molecular flexibility index (Phi) is 3.61. The van der Waals surface area contributed by atoms with Crippen LogP contribution in [0.5, 0.6) is 11.5 Å². The number of ether oxygens (including phenoxy) is 2. The summed E-state index contributed by atoms with van der Waals surface area (Å²) >= 11 is 1.52. The molecule has 4 saturated carbocycles. The molecule has 1 aromatic carbocycles. The molecule has 8 rings (SSSR count). The minimum absolute atomic E-state index is 0.0971. The fourth-order valence-electron chi connectivity index (χ4n) is 6.75. The van der Waals surface area contributed by atoms with Crippen LogP contribution >= 0.6 is 11.8 Å². The van der Waals surface area contributed by atoms with Gasteiger partial charge in [0.15, 0.2) is 17.3 Å². The average molecular weight is 435 g/mol. The maximum Gasteiger partial charge on any atom is 0.283 e. The summed E-state index contributed by atoms with van der Waals surface area (Å²) in [6.07, 6.45) is 9.42. The lowest BCUT2D eigenvalue weighted by molar-refractivity contribution is -0.114. The largest absolute Gasteiger partial charge is 0.454 e. The van der Waals surface area contributed by atoms with Crippen molar-refractivity contribution in [3.05, 3.63) is 29.3 Å². The Balaban J connectivity index is 1.21. The van der Waals surface area contributed by atoms with Crippen molar-refractivity contribution >= 4 is 39.8 Å². The zero-order valence-electron chi connectivity index (χ0n) is 17.0. The molecule has 158 valence electrons. The van der Waals surface area contributed by atoms with Gasteiger partial charge in [-0.25, -0.2) is 0 Å². The molecule has 0 radical (unpaired) electrons. The SMILES string of the molecule is N=C1/C(=C/c2ccc3c(c2)OCO3)C(=O)N=C2SC(C34CC5CC(CC(C5)C3)C4)=NN12. The van der Waals surface area contributed by atoms with Crippen molar-refractivity contribution in [1.82, 2.24) is 5.01 Å². The molecular formula is C23H22N4O3S. The molecule has 3 heterocycles. The number of benzene rings is 1. The number of hydrazone groups is 1. The lowest BCUT2D eigenvalue weighted by atomic mass is 9.50. The fraction of sp³-hybridized carbons (Fsp3) is 0.478. The van der Waals surface area contributed by atoms with Crippen molar-refractivity contribution in [1.29, 1.82) is 5.41 Å². The number of rotatable bonds is 2. The highest BCUT2D eigenvalue weighted by Crippen LogP contribution is 2.62. The van der Waals surface area contributed by atoms with Crippen LogP contribution < -0.4 is 9.47 Å². The van der Waals surface area contributed by atoms with Crippen molar-refractivity contribution in [2.45, 2.75) is 38.5 Å². The maximum atomic E-state index is 12.8. The first-order chi connectivity index (χ1) is 15.1. The third kappa shape index (κ3) is 2.67. The topological polar surface area (TPSA) is 87.3 Å². The van der Waals surface area contributed by atoms with Crippen LogP contribution in [-0.4, -0.2) is 33.8 Å². The molecule has 4 bridgehead atoms. The van der Waals surface area contributed by atoms with Gasteiger partial charge in [0.05, 0.1) is 5.57 Å². The van der Waals surface area contributed by atoms with E-state index in [2.05, 4.69) is 4.99 Å². The number of hydrogen-bond donors (Lipinski definition) is 1. The molecule has 7 nitrogen and oxygen atoms in total. The first-order valence-electron chi connectivity index (χ1n) is 11.0. The Morgan fingerprint density at radius 2 is 1.81 bits per heavy atom. The number of amidine groups is 2. The minimum atomic E-state index is -0.386. The van der Waals surface area contributed by atoms with Gasteiger partial charge < -0.3 is 9.47 Å². The minimum Gasteiger partial charge on any atom is -0.454 e. The molecule has 7 aliphatic rings. The molecule has 0 saturated heterocycles. The van der Waals surface area contributed by atoms with Gasteiger partial charge in [-0.1, -0.05) is 6.07 Å². The van der Waals surface area contributed by atoms with Gasteiger partial charge >= 0.3 is 0 Å². The smallest absolute Gasteiger partial charge is 0.283 e. The van der Waals surface area contributed by atoms with Crippen molar-refractivity contribution < 1.29 is 14.3 Å². The van der Waals surface area contributed by atoms with E-state index in [0.717, 1.165) is 28.4 Å². The zero-order valence-corrected chi connectivity index (χ0v) is 17.8. The molecule has 0 atom stereocenters. The Hall–Kier alpha value is -2.61. The Labute approximate surface area is 184 Å². The average Bonchev–Trinajstić information content (AvgIpc) is 3.37. The van der Waals surface area contributed by atoms with Gasteiger partial charge in [0.25, 0.3) is 5.91 Å². The lowest BCUT2D eigenvalue weighted by Gasteiger charge is -2.56. The Bertz CT molecular complexity index is 1100. The Morgan fingerprint density at radius 3 is 2.55 bits per heavy atom. The van der Waals surface area contributed by atoms with E-state index in [1.54, 1.807) is 11.1 Å². The zero-order chi connectivity index (χ0) is 20.7. The normalized spacial score (nSPS) is 36.2. The van der Waals surface area contributed by atoms with E-state index in [1.807, 2.05) is 18.2 Å². The highest BCUT2D eigenvalue weighted by Gasteiger charge is 2.55. The quantitative estimate of drug-likeness (QED) is 0.703. The van der Waals surface area contributed by atoms with E-state index < -0.39 is 0 Å². The van der Waals surface area contributed by atoms with E-state index in [1.165, 1.54) is 50.3 Å². The molecule has 0 spiro atoms. The number of hydrogen-bond acceptors (Lipinski definition) is 6. The van der Waals surface area contributed by atoms with Crippen LogP contribution in [0.3, 0.4) is 0 Å². The molecule has 3 aliphatic heterocycles. The summed E-state index contributed by atoms with van der Waals surface area (Å²) < 4.78 is 10.8. The van der Waals surface area contributed by atoms with Gasteiger partial charge in [0, 0.05) is 5.41 Å². The van der Waals surface area contributed by atoms with Gasteiger partial charge in [-0.3, -0.25) is 10.2 Å². The van der Waals surface area contributed by atoms with Crippen molar-refractivity contribution in [2.24, 2.45) is 33.3 Å². The van der Waals surface area contributed by atoms with Crippen LogP contribution in [0.25, 0.3) is 6.08 Å². The molecule has 1 amide bonds. The third-order valence-electron chi connectivity index (χ3n) is 7.65. The van der Waals surface area contributed by atoms with E-state index in [9.17, 15) is 4.79 Å². The van der Waals surface area contributed by atoms with Gasteiger partial charge in [-0.15, -0.1) is 0 Å². The van der Waals surface area contributed by atoms with Crippen LogP contribution in [0, 0.1) is 28.6 Å². The predicted octanol–water partition coefficient (Wildman–Crippen LogP) is 4.25. The number of carbonyl (C=O) groups excluding carboxylic acids is 1. The number of fused-ring (bicyclic) bond motifs is 2. The van der Waals surface area contributed by atoms with Gasteiger partial charge in [0.2, 0.25) is 12.0 Å². The summed E-state index contributed by atoms with van der Waals surface area (Å²) in [6.45, 7) is 0.199. The summed E-state index contributed by atoms with van der Waals surface area (Å²) in [6, 6.07) is 5.48. The van der Waals surface area contributed by atoms with E-state index >= 15 is 0 Å². The summed E-state index contributed by atoms with van der Waals surface area (Å²) in [7, 11) is 0. The Morgan fingerprint density at radius 1 is 1.10 bits per heavy atom. The van der Waals surface area contributed by atoms with Crippen LogP contribution in [-0.2, 0) is 4.79 Å². The molecular weight excluding hydrogens is 412 g/mol. The number of nitrogens with one attached hydrogen (secondary N) is 1. The van der Waals surface area contributed by atoms with E-state index in [-0.39, 0.29) is 29.5 Å². The second-order valence-electron chi connectivity index (χ2n) is 9.74. The first-order valence-corrected chi connectivity index (χ1v) is 11.8. The fourth-order valence-corrected chi connectivity index (χ4v) is 7.86. The van der Waals surface area contributed by atoms with Crippen LogP contribution in [0.1, 0.15) is 44.1 Å². The number of carbonyl (C=O) groups is 1. The predicted molar refractivity (Wildman–Crippen MR) is 118 cm³/mol. The molecule has 1 N–H and O–H groups in total. The van der Waals surface area contributed by atoms with Crippen molar-refractivity contribution in [3.63, 3.8) is 0 Å². The number of amides is 1. The summed E-state index contributed by atoms with van der Waals surface area (Å²) in [5.74, 6) is 3.49. The van der Waals surface area contributed by atoms with Gasteiger partial charge in [-0.2, -0.15) is 15.1 Å². The molecule has 1 aromatic rings. The highest BCUT2D eigenvalue weighted by molar-refractivity contribution is 8.27. The second kappa shape index (κ2) is 6.22. The second-order valence-corrected chi connectivity index (χ2v) is 10.7. The van der Waals surface area contributed by atoms with E-state index in [4.69, 9.17) is 20.0 Å². The highest BCUT2D eigenvalue weighted by atomic mass is 32.2. The summed E-state index contributed by atoms with van der Waals surface area (Å²) in [5, 5.41) is 16.8. The van der Waals surface area contributed by atoms with E-state index in [0.29, 0.717) is 16.7 Å². The first kappa shape index (κ1) is 18.0. The van der Waals surface area contributed by atoms with Gasteiger partial charge in [-0.05, 0) is 91.8 Å². The lowest BCUT2D eigenvalue weighted by Crippen LogP contribution is -2.49. The summed E-state index contributed by atoms with van der Waals surface area (Å²) in [5.41, 5.74) is 1.15. The number of thioether (sulfide) groups is 1. The third-order valence-corrected chi connectivity index (χ3v) is 8.81. The molecule has 31 heavy (non-hydrogen) atoms. The van der Waals surface area contributed by atoms with Gasteiger partial charge in [0.1, 0.15) is 5.04 Å². The van der Waals surface area contributed by atoms with Crippen LogP contribution in [0.4, 0.5) is 0 Å². The monoisotopic (exact) mass is 434 g/mol. The van der Waals surface area contributed by atoms with Crippen LogP contribution in [0.2, 0.25) is 0 Å².